The van der Waals surface area contributed by atoms with Crippen LogP contribution in [0.5, 0.6) is 0 Å². The Balaban J connectivity index is 1.65. The quantitative estimate of drug-likeness (QED) is 0.422. The molecule has 0 spiro atoms. The Morgan fingerprint density at radius 2 is 1.94 bits per heavy atom. The molecule has 2 aromatic carbocycles. The van der Waals surface area contributed by atoms with E-state index in [1.165, 1.54) is 17.8 Å². The maximum absolute atomic E-state index is 13.9. The van der Waals surface area contributed by atoms with Gasteiger partial charge in [0.1, 0.15) is 11.6 Å². The van der Waals surface area contributed by atoms with Crippen molar-refractivity contribution < 1.29 is 13.6 Å². The first kappa shape index (κ1) is 22.5. The van der Waals surface area contributed by atoms with Crippen LogP contribution in [0.25, 0.3) is 5.69 Å². The van der Waals surface area contributed by atoms with Crippen LogP contribution in [0.2, 0.25) is 0 Å². The van der Waals surface area contributed by atoms with E-state index in [0.29, 0.717) is 28.2 Å². The molecule has 0 aliphatic carbocycles. The smallest absolute Gasteiger partial charge is 0.272 e. The zero-order chi connectivity index (χ0) is 23.0. The van der Waals surface area contributed by atoms with E-state index >= 15 is 0 Å². The van der Waals surface area contributed by atoms with Crippen molar-refractivity contribution in [3.05, 3.63) is 75.2 Å². The van der Waals surface area contributed by atoms with Crippen LogP contribution in [-0.2, 0) is 11.2 Å². The van der Waals surface area contributed by atoms with E-state index in [2.05, 4.69) is 5.32 Å². The fourth-order valence-corrected chi connectivity index (χ4v) is 5.54. The number of amides is 1. The molecule has 1 amide bonds. The monoisotopic (exact) mass is 473 g/mol. The molecule has 1 aliphatic heterocycles. The van der Waals surface area contributed by atoms with Crippen molar-refractivity contribution in [3.8, 4) is 5.69 Å². The van der Waals surface area contributed by atoms with Gasteiger partial charge >= 0.3 is 0 Å². The van der Waals surface area contributed by atoms with Gasteiger partial charge in [0.25, 0.3) is 5.56 Å². The van der Waals surface area contributed by atoms with E-state index in [9.17, 15) is 18.4 Å². The molecular weight excluding hydrogens is 452 g/mol. The first-order valence-corrected chi connectivity index (χ1v) is 11.9. The van der Waals surface area contributed by atoms with Gasteiger partial charge in [0.05, 0.1) is 27.7 Å². The number of hydrogen-bond acceptors (Lipinski definition) is 5. The Morgan fingerprint density at radius 3 is 2.62 bits per heavy atom. The molecule has 166 valence electrons. The topological polar surface area (TPSA) is 64.0 Å². The fraction of sp³-hybridized carbons (Fsp3) is 0.261. The van der Waals surface area contributed by atoms with Gasteiger partial charge < -0.3 is 5.32 Å². The first-order chi connectivity index (χ1) is 15.2. The molecule has 0 saturated heterocycles. The molecule has 0 fully saturated rings. The third kappa shape index (κ3) is 4.73. The second-order valence-corrected chi connectivity index (χ2v) is 10.1. The van der Waals surface area contributed by atoms with Crippen LogP contribution in [0.3, 0.4) is 0 Å². The molecule has 0 saturated carbocycles. The standard InChI is InChI=1S/C23H21F2N3O2S2/c1-12-6-13(2)8-16(7-12)28-22(30)21-19(9-14(3)32-21)27-23(28)31-11-20(29)26-18-5-4-15(24)10-17(18)25/h4-8,10,14H,9,11H2,1-3H3,(H,26,29)/t14-/m1/s1. The molecular formula is C23H21F2N3O2S2. The number of carbonyl (C=O) groups excluding carboxylic acids is 1. The number of nitrogens with zero attached hydrogens (tertiary/aromatic N) is 2. The number of rotatable bonds is 5. The predicted molar refractivity (Wildman–Crippen MR) is 124 cm³/mol. The van der Waals surface area contributed by atoms with E-state index in [1.807, 2.05) is 39.0 Å². The van der Waals surface area contributed by atoms with Gasteiger partial charge in [-0.25, -0.2) is 13.8 Å². The number of thioether (sulfide) groups is 2. The molecule has 2 heterocycles. The van der Waals surface area contributed by atoms with Gasteiger partial charge in [0.15, 0.2) is 5.16 Å². The number of hydrogen-bond donors (Lipinski definition) is 1. The highest BCUT2D eigenvalue weighted by Crippen LogP contribution is 2.35. The van der Waals surface area contributed by atoms with E-state index in [-0.39, 0.29) is 22.2 Å². The molecule has 0 bridgehead atoms. The van der Waals surface area contributed by atoms with Gasteiger partial charge in [0.2, 0.25) is 5.91 Å². The minimum atomic E-state index is -0.850. The Labute approximate surface area is 192 Å². The summed E-state index contributed by atoms with van der Waals surface area (Å²) in [5, 5.41) is 3.10. The number of aryl methyl sites for hydroxylation is 2. The normalized spacial score (nSPS) is 15.0. The molecule has 4 rings (SSSR count). The van der Waals surface area contributed by atoms with Crippen molar-refractivity contribution in [3.63, 3.8) is 0 Å². The molecule has 1 aromatic heterocycles. The summed E-state index contributed by atoms with van der Waals surface area (Å²) in [6.45, 7) is 5.96. The maximum Gasteiger partial charge on any atom is 0.272 e. The Morgan fingerprint density at radius 1 is 1.22 bits per heavy atom. The largest absolute Gasteiger partial charge is 0.323 e. The summed E-state index contributed by atoms with van der Waals surface area (Å²) in [6, 6.07) is 8.79. The second-order valence-electron chi connectivity index (χ2n) is 7.75. The van der Waals surface area contributed by atoms with Gasteiger partial charge in [0, 0.05) is 17.7 Å². The highest BCUT2D eigenvalue weighted by atomic mass is 32.2. The summed E-state index contributed by atoms with van der Waals surface area (Å²) < 4.78 is 28.5. The lowest BCUT2D eigenvalue weighted by Crippen LogP contribution is -2.25. The summed E-state index contributed by atoms with van der Waals surface area (Å²) in [4.78, 5) is 31.2. The van der Waals surface area contributed by atoms with Crippen LogP contribution >= 0.6 is 23.5 Å². The van der Waals surface area contributed by atoms with E-state index < -0.39 is 17.5 Å². The average molecular weight is 474 g/mol. The molecule has 3 aromatic rings. The van der Waals surface area contributed by atoms with Crippen molar-refractivity contribution in [2.24, 2.45) is 0 Å². The van der Waals surface area contributed by atoms with Crippen molar-refractivity contribution >= 4 is 35.1 Å². The molecule has 1 N–H and O–H groups in total. The highest BCUT2D eigenvalue weighted by Gasteiger charge is 2.27. The zero-order valence-electron chi connectivity index (χ0n) is 17.7. The van der Waals surface area contributed by atoms with Crippen LogP contribution in [0.1, 0.15) is 23.7 Å². The SMILES string of the molecule is Cc1cc(C)cc(-n2c(SCC(=O)Nc3ccc(F)cc3F)nc3c(c2=O)S[C@H](C)C3)c1. The predicted octanol–water partition coefficient (Wildman–Crippen LogP) is 4.90. The van der Waals surface area contributed by atoms with Gasteiger partial charge in [-0.15, -0.1) is 11.8 Å². The number of fused-ring (bicyclic) bond motifs is 1. The molecule has 1 aliphatic rings. The molecule has 5 nitrogen and oxygen atoms in total. The summed E-state index contributed by atoms with van der Waals surface area (Å²) in [5.41, 5.74) is 3.19. The van der Waals surface area contributed by atoms with Crippen LogP contribution in [0, 0.1) is 25.5 Å². The highest BCUT2D eigenvalue weighted by molar-refractivity contribution is 8.00. The van der Waals surface area contributed by atoms with Crippen molar-refractivity contribution in [2.45, 2.75) is 42.5 Å². The van der Waals surface area contributed by atoms with Crippen LogP contribution in [-0.4, -0.2) is 26.5 Å². The van der Waals surface area contributed by atoms with Crippen LogP contribution in [0.4, 0.5) is 14.5 Å². The zero-order valence-corrected chi connectivity index (χ0v) is 19.4. The fourth-order valence-electron chi connectivity index (χ4n) is 3.61. The van der Waals surface area contributed by atoms with Crippen molar-refractivity contribution in [2.75, 3.05) is 11.1 Å². The van der Waals surface area contributed by atoms with Crippen molar-refractivity contribution in [1.82, 2.24) is 9.55 Å². The Kier molecular flexibility index (Phi) is 6.39. The van der Waals surface area contributed by atoms with Gasteiger partial charge in [-0.2, -0.15) is 0 Å². The van der Waals surface area contributed by atoms with Gasteiger partial charge in [-0.05, 0) is 49.2 Å². The number of carbonyl (C=O) groups is 1. The van der Waals surface area contributed by atoms with Crippen LogP contribution < -0.4 is 10.9 Å². The third-order valence-electron chi connectivity index (χ3n) is 4.88. The minimum absolute atomic E-state index is 0.0878. The first-order valence-electron chi connectivity index (χ1n) is 10.00. The number of halogens is 2. The second kappa shape index (κ2) is 9.07. The van der Waals surface area contributed by atoms with Gasteiger partial charge in [-0.1, -0.05) is 24.8 Å². The van der Waals surface area contributed by atoms with Crippen LogP contribution in [0.15, 0.2) is 51.2 Å². The number of aromatic nitrogens is 2. The number of anilines is 1. The van der Waals surface area contributed by atoms with E-state index in [4.69, 9.17) is 4.98 Å². The summed E-state index contributed by atoms with van der Waals surface area (Å²) in [6.07, 6.45) is 0.684. The minimum Gasteiger partial charge on any atom is -0.323 e. The Bertz CT molecular complexity index is 1260. The third-order valence-corrected chi connectivity index (χ3v) is 7.04. The Hall–Kier alpha value is -2.65. The average Bonchev–Trinajstić information content (AvgIpc) is 3.08. The van der Waals surface area contributed by atoms with E-state index in [1.54, 1.807) is 4.57 Å². The lowest BCUT2D eigenvalue weighted by atomic mass is 10.1. The molecule has 0 unspecified atom stereocenters. The summed E-state index contributed by atoms with van der Waals surface area (Å²) in [5.74, 6) is -2.14. The molecule has 1 atom stereocenters. The lowest BCUT2D eigenvalue weighted by Gasteiger charge is -2.15. The van der Waals surface area contributed by atoms with Crippen molar-refractivity contribution in [1.29, 1.82) is 0 Å². The summed E-state index contributed by atoms with van der Waals surface area (Å²) in [7, 11) is 0. The molecule has 32 heavy (non-hydrogen) atoms. The molecule has 9 heteroatoms. The number of benzene rings is 2. The summed E-state index contributed by atoms with van der Waals surface area (Å²) >= 11 is 2.62. The molecule has 0 radical (unpaired) electrons. The van der Waals surface area contributed by atoms with E-state index in [0.717, 1.165) is 34.6 Å². The van der Waals surface area contributed by atoms with Gasteiger partial charge in [-0.3, -0.25) is 14.2 Å². The number of nitrogens with one attached hydrogen (secondary N) is 1. The lowest BCUT2D eigenvalue weighted by molar-refractivity contribution is -0.113. The maximum atomic E-state index is 13.9.